The van der Waals surface area contributed by atoms with Crippen molar-refractivity contribution >= 4 is 0 Å². The Morgan fingerprint density at radius 3 is 2.33 bits per heavy atom. The molecule has 0 amide bonds. The van der Waals surface area contributed by atoms with E-state index in [1.165, 1.54) is 0 Å². The molecule has 0 aliphatic heterocycles. The van der Waals surface area contributed by atoms with Crippen LogP contribution in [0.15, 0.2) is 77.5 Å². The molecule has 134 valence electrons. The van der Waals surface area contributed by atoms with Gasteiger partial charge in [-0.3, -0.25) is 4.98 Å². The molecule has 0 saturated heterocycles. The van der Waals surface area contributed by atoms with Gasteiger partial charge in [-0.15, -0.1) is 10.2 Å². The van der Waals surface area contributed by atoms with E-state index >= 15 is 0 Å². The summed E-state index contributed by atoms with van der Waals surface area (Å²) in [6, 6.07) is 19.0. The van der Waals surface area contributed by atoms with Crippen molar-refractivity contribution in [2.24, 2.45) is 0 Å². The number of para-hydroxylation sites is 2. The SMILES string of the molecule is COc1ccccc1OCc1cccc(-c2nnc(-c3ccncc3)o2)c1. The summed E-state index contributed by atoms with van der Waals surface area (Å²) in [5, 5.41) is 8.27. The predicted molar refractivity (Wildman–Crippen MR) is 100 cm³/mol. The van der Waals surface area contributed by atoms with Gasteiger partial charge in [0.05, 0.1) is 7.11 Å². The molecule has 0 fully saturated rings. The number of benzene rings is 2. The highest BCUT2D eigenvalue weighted by atomic mass is 16.5. The van der Waals surface area contributed by atoms with E-state index in [2.05, 4.69) is 15.2 Å². The first-order valence-corrected chi connectivity index (χ1v) is 8.42. The Bertz CT molecular complexity index is 1030. The maximum atomic E-state index is 5.88. The van der Waals surface area contributed by atoms with Crippen molar-refractivity contribution in [2.45, 2.75) is 6.61 Å². The molecule has 2 aromatic carbocycles. The zero-order valence-corrected chi connectivity index (χ0v) is 14.7. The summed E-state index contributed by atoms with van der Waals surface area (Å²) in [6.45, 7) is 0.402. The minimum Gasteiger partial charge on any atom is -0.493 e. The molecule has 0 atom stereocenters. The maximum absolute atomic E-state index is 5.88. The van der Waals surface area contributed by atoms with Crippen molar-refractivity contribution in [2.75, 3.05) is 7.11 Å². The number of pyridine rings is 1. The van der Waals surface area contributed by atoms with E-state index in [0.29, 0.717) is 29.9 Å². The molecule has 0 aliphatic rings. The fraction of sp³-hybridized carbons (Fsp3) is 0.0952. The van der Waals surface area contributed by atoms with Crippen LogP contribution in [0.3, 0.4) is 0 Å². The zero-order valence-electron chi connectivity index (χ0n) is 14.7. The Kier molecular flexibility index (Phi) is 4.78. The molecule has 0 bridgehead atoms. The minimum atomic E-state index is 0.402. The van der Waals surface area contributed by atoms with Crippen LogP contribution in [0.2, 0.25) is 0 Å². The van der Waals surface area contributed by atoms with Crippen LogP contribution in [-0.2, 0) is 6.61 Å². The molecule has 2 heterocycles. The number of hydrogen-bond donors (Lipinski definition) is 0. The summed E-state index contributed by atoms with van der Waals surface area (Å²) in [5.74, 6) is 2.32. The molecule has 0 unspecified atom stereocenters. The topological polar surface area (TPSA) is 70.3 Å². The first-order valence-electron chi connectivity index (χ1n) is 8.42. The highest BCUT2D eigenvalue weighted by Crippen LogP contribution is 2.28. The molecule has 4 aromatic rings. The predicted octanol–water partition coefficient (Wildman–Crippen LogP) is 4.39. The summed E-state index contributed by atoms with van der Waals surface area (Å²) in [5.41, 5.74) is 2.66. The van der Waals surface area contributed by atoms with Gasteiger partial charge in [-0.2, -0.15) is 0 Å². The third-order valence-electron chi connectivity index (χ3n) is 3.99. The largest absolute Gasteiger partial charge is 0.493 e. The molecule has 0 N–H and O–H groups in total. The second-order valence-corrected chi connectivity index (χ2v) is 5.79. The van der Waals surface area contributed by atoms with Crippen LogP contribution >= 0.6 is 0 Å². The lowest BCUT2D eigenvalue weighted by Crippen LogP contribution is -1.97. The lowest BCUT2D eigenvalue weighted by Gasteiger charge is -2.10. The molecule has 0 radical (unpaired) electrons. The summed E-state index contributed by atoms with van der Waals surface area (Å²) in [4.78, 5) is 3.99. The van der Waals surface area contributed by atoms with E-state index in [1.54, 1.807) is 19.5 Å². The Morgan fingerprint density at radius 1 is 0.815 bits per heavy atom. The number of hydrogen-bond acceptors (Lipinski definition) is 6. The number of ether oxygens (including phenoxy) is 2. The van der Waals surface area contributed by atoms with Crippen molar-refractivity contribution in [1.29, 1.82) is 0 Å². The Balaban J connectivity index is 1.52. The second kappa shape index (κ2) is 7.70. The van der Waals surface area contributed by atoms with E-state index in [-0.39, 0.29) is 0 Å². The van der Waals surface area contributed by atoms with Gasteiger partial charge >= 0.3 is 0 Å². The monoisotopic (exact) mass is 359 g/mol. The van der Waals surface area contributed by atoms with E-state index < -0.39 is 0 Å². The van der Waals surface area contributed by atoms with Gasteiger partial charge in [0, 0.05) is 23.5 Å². The Labute approximate surface area is 156 Å². The van der Waals surface area contributed by atoms with Crippen molar-refractivity contribution in [3.05, 3.63) is 78.6 Å². The highest BCUT2D eigenvalue weighted by Gasteiger charge is 2.11. The quantitative estimate of drug-likeness (QED) is 0.509. The van der Waals surface area contributed by atoms with Gasteiger partial charge in [0.25, 0.3) is 0 Å². The van der Waals surface area contributed by atoms with Gasteiger partial charge in [-0.1, -0.05) is 24.3 Å². The van der Waals surface area contributed by atoms with Crippen molar-refractivity contribution in [3.63, 3.8) is 0 Å². The minimum absolute atomic E-state index is 0.402. The van der Waals surface area contributed by atoms with Gasteiger partial charge in [-0.25, -0.2) is 0 Å². The summed E-state index contributed by atoms with van der Waals surface area (Å²) >= 11 is 0. The number of rotatable bonds is 6. The lowest BCUT2D eigenvalue weighted by atomic mass is 10.1. The standard InChI is InChI=1S/C21H17N3O3/c1-25-18-7-2-3-8-19(18)26-14-15-5-4-6-17(13-15)21-24-23-20(27-21)16-9-11-22-12-10-16/h2-13H,14H2,1H3. The van der Waals surface area contributed by atoms with Crippen LogP contribution in [0, 0.1) is 0 Å². The molecule has 6 nitrogen and oxygen atoms in total. The zero-order chi connectivity index (χ0) is 18.5. The summed E-state index contributed by atoms with van der Waals surface area (Å²) in [7, 11) is 1.62. The average Bonchev–Trinajstić information content (AvgIpc) is 3.24. The van der Waals surface area contributed by atoms with Crippen LogP contribution in [0.1, 0.15) is 5.56 Å². The number of nitrogens with zero attached hydrogens (tertiary/aromatic N) is 3. The molecule has 0 aliphatic carbocycles. The molecular formula is C21H17N3O3. The fourth-order valence-electron chi connectivity index (χ4n) is 2.64. The second-order valence-electron chi connectivity index (χ2n) is 5.79. The molecule has 4 rings (SSSR count). The van der Waals surface area contributed by atoms with Crippen molar-refractivity contribution in [1.82, 2.24) is 15.2 Å². The third kappa shape index (κ3) is 3.79. The summed E-state index contributed by atoms with van der Waals surface area (Å²) < 4.78 is 17.0. The first kappa shape index (κ1) is 16.8. The van der Waals surface area contributed by atoms with E-state index in [0.717, 1.165) is 16.7 Å². The van der Waals surface area contributed by atoms with E-state index in [4.69, 9.17) is 13.9 Å². The van der Waals surface area contributed by atoms with E-state index in [9.17, 15) is 0 Å². The average molecular weight is 359 g/mol. The molecule has 2 aromatic heterocycles. The molecule has 0 spiro atoms. The van der Waals surface area contributed by atoms with E-state index in [1.807, 2.05) is 60.7 Å². The van der Waals surface area contributed by atoms with Crippen molar-refractivity contribution in [3.8, 4) is 34.4 Å². The van der Waals surface area contributed by atoms with Crippen LogP contribution in [0.25, 0.3) is 22.9 Å². The molecule has 27 heavy (non-hydrogen) atoms. The third-order valence-corrected chi connectivity index (χ3v) is 3.99. The lowest BCUT2D eigenvalue weighted by molar-refractivity contribution is 0.284. The molecule has 6 heteroatoms. The van der Waals surface area contributed by atoms with Gasteiger partial charge in [0.15, 0.2) is 11.5 Å². The van der Waals surface area contributed by atoms with Crippen molar-refractivity contribution < 1.29 is 13.9 Å². The van der Waals surface area contributed by atoms with Crippen LogP contribution in [0.4, 0.5) is 0 Å². The van der Waals surface area contributed by atoms with Gasteiger partial charge < -0.3 is 13.9 Å². The fourth-order valence-corrected chi connectivity index (χ4v) is 2.64. The molecular weight excluding hydrogens is 342 g/mol. The smallest absolute Gasteiger partial charge is 0.248 e. The Hall–Kier alpha value is -3.67. The van der Waals surface area contributed by atoms with Gasteiger partial charge in [0.1, 0.15) is 6.61 Å². The summed E-state index contributed by atoms with van der Waals surface area (Å²) in [6.07, 6.45) is 3.38. The first-order chi connectivity index (χ1) is 13.3. The van der Waals surface area contributed by atoms with Gasteiger partial charge in [0.2, 0.25) is 11.8 Å². The van der Waals surface area contributed by atoms with Crippen LogP contribution in [0.5, 0.6) is 11.5 Å². The molecule has 0 saturated carbocycles. The van der Waals surface area contributed by atoms with Crippen LogP contribution in [-0.4, -0.2) is 22.3 Å². The number of aromatic nitrogens is 3. The maximum Gasteiger partial charge on any atom is 0.248 e. The van der Waals surface area contributed by atoms with Crippen LogP contribution < -0.4 is 9.47 Å². The normalized spacial score (nSPS) is 10.6. The highest BCUT2D eigenvalue weighted by molar-refractivity contribution is 5.58. The Morgan fingerprint density at radius 2 is 1.56 bits per heavy atom. The van der Waals surface area contributed by atoms with Gasteiger partial charge in [-0.05, 0) is 42.0 Å². The number of methoxy groups -OCH3 is 1.